The van der Waals surface area contributed by atoms with E-state index in [0.717, 1.165) is 17.8 Å². The maximum atomic E-state index is 3.54. The summed E-state index contributed by atoms with van der Waals surface area (Å²) in [5.74, 6) is 0.491. The summed E-state index contributed by atoms with van der Waals surface area (Å²) in [5, 5.41) is 3.54. The van der Waals surface area contributed by atoms with Crippen LogP contribution in [-0.4, -0.2) is 0 Å². The third-order valence-corrected chi connectivity index (χ3v) is 6.17. The van der Waals surface area contributed by atoms with E-state index < -0.39 is 0 Å². The molecule has 0 amide bonds. The van der Waals surface area contributed by atoms with Crippen molar-refractivity contribution in [2.24, 2.45) is 0 Å². The third kappa shape index (κ3) is 2.79. The van der Waals surface area contributed by atoms with Crippen LogP contribution in [-0.2, 0) is 5.41 Å². The van der Waals surface area contributed by atoms with Crippen LogP contribution in [0.15, 0.2) is 91.0 Å². The van der Waals surface area contributed by atoms with Gasteiger partial charge in [-0.3, -0.25) is 0 Å². The number of nitrogens with one attached hydrogen (secondary N) is 1. The molecule has 5 rings (SSSR count). The van der Waals surface area contributed by atoms with E-state index in [1.807, 2.05) is 6.07 Å². The van der Waals surface area contributed by atoms with Crippen molar-refractivity contribution in [2.75, 3.05) is 5.32 Å². The van der Waals surface area contributed by atoms with Gasteiger partial charge in [-0.25, -0.2) is 0 Å². The highest BCUT2D eigenvalue weighted by Crippen LogP contribution is 2.50. The van der Waals surface area contributed by atoms with Crippen LogP contribution in [0.25, 0.3) is 11.1 Å². The van der Waals surface area contributed by atoms with E-state index in [9.17, 15) is 0 Å². The van der Waals surface area contributed by atoms with Crippen LogP contribution in [0.1, 0.15) is 42.9 Å². The Labute approximate surface area is 167 Å². The number of anilines is 2. The summed E-state index contributed by atoms with van der Waals surface area (Å²) < 4.78 is 0. The first kappa shape index (κ1) is 17.1. The molecule has 138 valence electrons. The minimum absolute atomic E-state index is 0.00325. The topological polar surface area (TPSA) is 12.0 Å². The minimum Gasteiger partial charge on any atom is -0.356 e. The van der Waals surface area contributed by atoms with Gasteiger partial charge in [-0.1, -0.05) is 80.6 Å². The number of rotatable bonds is 3. The van der Waals surface area contributed by atoms with E-state index in [0.29, 0.717) is 5.92 Å². The Morgan fingerprint density at radius 1 is 0.786 bits per heavy atom. The summed E-state index contributed by atoms with van der Waals surface area (Å²) >= 11 is 0. The molecule has 1 heteroatoms. The lowest BCUT2D eigenvalue weighted by atomic mass is 9.80. The van der Waals surface area contributed by atoms with Gasteiger partial charge in [-0.05, 0) is 58.5 Å². The molecule has 0 fully saturated rings. The molecule has 0 aromatic heterocycles. The fourth-order valence-corrected chi connectivity index (χ4v) is 4.58. The smallest absolute Gasteiger partial charge is 0.0387 e. The lowest BCUT2D eigenvalue weighted by molar-refractivity contribution is 0.658. The van der Waals surface area contributed by atoms with Gasteiger partial charge in [0.1, 0.15) is 0 Å². The fraction of sp³-hybridized carbons (Fsp3) is 0.185. The van der Waals surface area contributed by atoms with Crippen LogP contribution in [0.3, 0.4) is 0 Å². The number of fused-ring (bicyclic) bond motifs is 3. The van der Waals surface area contributed by atoms with Crippen molar-refractivity contribution in [3.8, 4) is 11.1 Å². The van der Waals surface area contributed by atoms with Gasteiger partial charge < -0.3 is 5.32 Å². The zero-order valence-electron chi connectivity index (χ0n) is 16.4. The van der Waals surface area contributed by atoms with Gasteiger partial charge in [-0.2, -0.15) is 0 Å². The maximum absolute atomic E-state index is 3.54. The molecule has 0 saturated heterocycles. The van der Waals surface area contributed by atoms with Gasteiger partial charge in [0.25, 0.3) is 0 Å². The molecule has 1 N–H and O–H groups in total. The highest BCUT2D eigenvalue weighted by Gasteiger charge is 2.36. The van der Waals surface area contributed by atoms with Crippen molar-refractivity contribution in [3.63, 3.8) is 0 Å². The Morgan fingerprint density at radius 2 is 1.54 bits per heavy atom. The second-order valence-electron chi connectivity index (χ2n) is 8.34. The van der Waals surface area contributed by atoms with E-state index in [4.69, 9.17) is 0 Å². The quantitative estimate of drug-likeness (QED) is 0.513. The molecule has 1 unspecified atom stereocenters. The predicted molar refractivity (Wildman–Crippen MR) is 119 cm³/mol. The molecule has 2 aliphatic carbocycles. The summed E-state index contributed by atoms with van der Waals surface area (Å²) in [6.45, 7) is 4.70. The summed E-state index contributed by atoms with van der Waals surface area (Å²) in [6.07, 6.45) is 9.99. The van der Waals surface area contributed by atoms with Gasteiger partial charge in [0.05, 0.1) is 0 Å². The van der Waals surface area contributed by atoms with Gasteiger partial charge in [-0.15, -0.1) is 0 Å². The molecule has 1 nitrogen and oxygen atoms in total. The first-order chi connectivity index (χ1) is 13.6. The van der Waals surface area contributed by atoms with Crippen LogP contribution in [0.4, 0.5) is 11.4 Å². The largest absolute Gasteiger partial charge is 0.356 e. The standard InChI is InChI=1S/C27H25N/c1-27(2)25-17-20(19-9-5-3-6-10-19)13-15-23(25)24-16-14-22(18-26(24)27)28-21-11-7-4-8-12-21/h3-9,11-19,28H,10H2,1-2H3. The van der Waals surface area contributed by atoms with Crippen LogP contribution >= 0.6 is 0 Å². The number of hydrogen-bond acceptors (Lipinski definition) is 1. The predicted octanol–water partition coefficient (Wildman–Crippen LogP) is 7.34. The van der Waals surface area contributed by atoms with Crippen LogP contribution < -0.4 is 5.32 Å². The molecular weight excluding hydrogens is 338 g/mol. The highest BCUT2D eigenvalue weighted by molar-refractivity contribution is 5.83. The monoisotopic (exact) mass is 363 g/mol. The average molecular weight is 364 g/mol. The second-order valence-corrected chi connectivity index (χ2v) is 8.34. The van der Waals surface area contributed by atoms with Crippen molar-refractivity contribution in [2.45, 2.75) is 31.6 Å². The van der Waals surface area contributed by atoms with Crippen molar-refractivity contribution in [1.82, 2.24) is 0 Å². The number of allylic oxidation sites excluding steroid dienone is 4. The summed E-state index contributed by atoms with van der Waals surface area (Å²) in [6, 6.07) is 24.2. The minimum atomic E-state index is 0.00325. The molecule has 0 heterocycles. The Hall–Kier alpha value is -3.06. The summed E-state index contributed by atoms with van der Waals surface area (Å²) in [7, 11) is 0. The van der Waals surface area contributed by atoms with Gasteiger partial charge in [0.2, 0.25) is 0 Å². The summed E-state index contributed by atoms with van der Waals surface area (Å²) in [4.78, 5) is 0. The van der Waals surface area contributed by atoms with Crippen LogP contribution in [0, 0.1) is 0 Å². The SMILES string of the molecule is CC1(C)c2cc(Nc3ccccc3)ccc2-c2ccc(C3C=CC=CC3)cc21. The number of para-hydroxylation sites is 1. The molecule has 3 aromatic rings. The van der Waals surface area contributed by atoms with Gasteiger partial charge >= 0.3 is 0 Å². The second kappa shape index (κ2) is 6.53. The molecule has 0 bridgehead atoms. The number of benzene rings is 3. The third-order valence-electron chi connectivity index (χ3n) is 6.17. The Morgan fingerprint density at radius 3 is 2.29 bits per heavy atom. The van der Waals surface area contributed by atoms with Crippen LogP contribution in [0.2, 0.25) is 0 Å². The zero-order chi connectivity index (χ0) is 19.1. The van der Waals surface area contributed by atoms with Gasteiger partial charge in [0.15, 0.2) is 0 Å². The average Bonchev–Trinajstić information content (AvgIpc) is 2.96. The Bertz CT molecular complexity index is 1090. The van der Waals surface area contributed by atoms with Gasteiger partial charge in [0, 0.05) is 22.7 Å². The zero-order valence-corrected chi connectivity index (χ0v) is 16.4. The van der Waals surface area contributed by atoms with E-state index in [1.165, 1.54) is 27.8 Å². The lowest BCUT2D eigenvalue weighted by Crippen LogP contribution is -2.15. The molecular formula is C27H25N. The number of hydrogen-bond donors (Lipinski definition) is 1. The van der Waals surface area contributed by atoms with E-state index in [1.54, 1.807) is 0 Å². The fourth-order valence-electron chi connectivity index (χ4n) is 4.58. The normalized spacial score (nSPS) is 18.6. The maximum Gasteiger partial charge on any atom is 0.0387 e. The first-order valence-electron chi connectivity index (χ1n) is 10.1. The van der Waals surface area contributed by atoms with Crippen molar-refractivity contribution >= 4 is 11.4 Å². The molecule has 2 aliphatic rings. The van der Waals surface area contributed by atoms with Crippen molar-refractivity contribution < 1.29 is 0 Å². The molecule has 28 heavy (non-hydrogen) atoms. The Balaban J connectivity index is 1.53. The van der Waals surface area contributed by atoms with Crippen molar-refractivity contribution in [3.05, 3.63) is 108 Å². The molecule has 1 atom stereocenters. The first-order valence-corrected chi connectivity index (χ1v) is 10.1. The molecule has 0 saturated carbocycles. The van der Waals surface area contributed by atoms with E-state index >= 15 is 0 Å². The van der Waals surface area contributed by atoms with Crippen LogP contribution in [0.5, 0.6) is 0 Å². The molecule has 0 aliphatic heterocycles. The van der Waals surface area contributed by atoms with E-state index in [2.05, 4.69) is 104 Å². The summed E-state index contributed by atoms with van der Waals surface area (Å²) in [5.41, 5.74) is 9.28. The van der Waals surface area contributed by atoms with E-state index in [-0.39, 0.29) is 5.41 Å². The Kier molecular flexibility index (Phi) is 3.98. The van der Waals surface area contributed by atoms with Crippen molar-refractivity contribution in [1.29, 1.82) is 0 Å². The molecule has 0 spiro atoms. The molecule has 0 radical (unpaired) electrons. The lowest BCUT2D eigenvalue weighted by Gasteiger charge is -2.24. The molecule has 3 aromatic carbocycles. The highest BCUT2D eigenvalue weighted by atomic mass is 14.9.